The van der Waals surface area contributed by atoms with E-state index in [1.165, 1.54) is 36.4 Å². The summed E-state index contributed by atoms with van der Waals surface area (Å²) in [4.78, 5) is 23.0. The molecule has 2 aromatic rings. The largest absolute Gasteiger partial charge is 0.366 e. The number of primary amides is 1. The van der Waals surface area contributed by atoms with Gasteiger partial charge in [0.2, 0.25) is 5.91 Å². The third-order valence-corrected chi connectivity index (χ3v) is 2.82. The predicted molar refractivity (Wildman–Crippen MR) is 74.3 cm³/mol. The lowest BCUT2D eigenvalue weighted by atomic mass is 10.1. The fourth-order valence-electron chi connectivity index (χ4n) is 1.60. The van der Waals surface area contributed by atoms with Gasteiger partial charge in [-0.25, -0.2) is 4.39 Å². The average molecular weight is 293 g/mol. The summed E-state index contributed by atoms with van der Waals surface area (Å²) in [6, 6.07) is 9.65. The van der Waals surface area contributed by atoms with Crippen LogP contribution in [0.1, 0.15) is 20.7 Å². The Balaban J connectivity index is 2.26. The van der Waals surface area contributed by atoms with Gasteiger partial charge in [0, 0.05) is 16.1 Å². The van der Waals surface area contributed by atoms with Crippen LogP contribution in [0.2, 0.25) is 5.02 Å². The third-order valence-electron chi connectivity index (χ3n) is 2.59. The van der Waals surface area contributed by atoms with Crippen molar-refractivity contribution < 1.29 is 14.0 Å². The van der Waals surface area contributed by atoms with Crippen molar-refractivity contribution in [3.8, 4) is 0 Å². The van der Waals surface area contributed by atoms with E-state index in [2.05, 4.69) is 5.32 Å². The second kappa shape index (κ2) is 5.71. The van der Waals surface area contributed by atoms with Crippen molar-refractivity contribution in [1.29, 1.82) is 0 Å². The zero-order chi connectivity index (χ0) is 14.7. The number of hydrogen-bond acceptors (Lipinski definition) is 2. The van der Waals surface area contributed by atoms with Crippen molar-refractivity contribution >= 4 is 29.1 Å². The molecule has 0 radical (unpaired) electrons. The van der Waals surface area contributed by atoms with Gasteiger partial charge < -0.3 is 11.1 Å². The molecule has 0 aliphatic rings. The highest BCUT2D eigenvalue weighted by Crippen LogP contribution is 2.20. The minimum Gasteiger partial charge on any atom is -0.366 e. The number of carbonyl (C=O) groups is 2. The van der Waals surface area contributed by atoms with Crippen LogP contribution in [-0.2, 0) is 0 Å². The van der Waals surface area contributed by atoms with Crippen LogP contribution in [0, 0.1) is 5.82 Å². The first-order valence-corrected chi connectivity index (χ1v) is 6.01. The van der Waals surface area contributed by atoms with E-state index in [0.717, 1.165) is 6.07 Å². The maximum absolute atomic E-state index is 13.5. The molecule has 0 atom stereocenters. The quantitative estimate of drug-likeness (QED) is 0.913. The van der Waals surface area contributed by atoms with E-state index in [1.807, 2.05) is 0 Å². The van der Waals surface area contributed by atoms with Gasteiger partial charge in [0.1, 0.15) is 5.82 Å². The van der Waals surface area contributed by atoms with E-state index < -0.39 is 17.6 Å². The van der Waals surface area contributed by atoms with Crippen LogP contribution in [0.4, 0.5) is 10.1 Å². The zero-order valence-electron chi connectivity index (χ0n) is 10.2. The van der Waals surface area contributed by atoms with Crippen molar-refractivity contribution in [1.82, 2.24) is 0 Å². The van der Waals surface area contributed by atoms with Crippen LogP contribution in [-0.4, -0.2) is 11.8 Å². The Morgan fingerprint density at radius 2 is 1.80 bits per heavy atom. The minimum absolute atomic E-state index is 0.0352. The molecule has 0 bridgehead atoms. The molecule has 0 saturated carbocycles. The molecule has 0 unspecified atom stereocenters. The van der Waals surface area contributed by atoms with Crippen LogP contribution in [0.3, 0.4) is 0 Å². The Morgan fingerprint density at radius 1 is 1.10 bits per heavy atom. The summed E-state index contributed by atoms with van der Waals surface area (Å²) in [5.41, 5.74) is 5.49. The molecule has 3 N–H and O–H groups in total. The normalized spacial score (nSPS) is 10.1. The maximum Gasteiger partial charge on any atom is 0.255 e. The minimum atomic E-state index is -0.645. The number of amides is 2. The summed E-state index contributed by atoms with van der Waals surface area (Å²) < 4.78 is 13.5. The van der Waals surface area contributed by atoms with Gasteiger partial charge in [-0.3, -0.25) is 9.59 Å². The number of benzene rings is 2. The van der Waals surface area contributed by atoms with Crippen molar-refractivity contribution in [2.75, 3.05) is 5.32 Å². The first kappa shape index (κ1) is 14.0. The smallest absolute Gasteiger partial charge is 0.255 e. The molecule has 20 heavy (non-hydrogen) atoms. The highest BCUT2D eigenvalue weighted by molar-refractivity contribution is 6.31. The van der Waals surface area contributed by atoms with Crippen LogP contribution in [0.15, 0.2) is 42.5 Å². The van der Waals surface area contributed by atoms with Gasteiger partial charge in [-0.1, -0.05) is 17.7 Å². The number of hydrogen-bond donors (Lipinski definition) is 2. The van der Waals surface area contributed by atoms with E-state index >= 15 is 0 Å². The SMILES string of the molecule is NC(=O)c1cccc(C(=O)Nc2cc(Cl)ccc2F)c1. The van der Waals surface area contributed by atoms with Crippen LogP contribution in [0.5, 0.6) is 0 Å². The number of halogens is 2. The molecule has 0 fully saturated rings. The van der Waals surface area contributed by atoms with Gasteiger partial charge in [-0.05, 0) is 36.4 Å². The van der Waals surface area contributed by atoms with Crippen molar-refractivity contribution in [2.24, 2.45) is 5.73 Å². The van der Waals surface area contributed by atoms with Gasteiger partial charge in [0.05, 0.1) is 5.69 Å². The fourth-order valence-corrected chi connectivity index (χ4v) is 1.77. The molecule has 102 valence electrons. The second-order valence-electron chi connectivity index (χ2n) is 4.02. The molecule has 4 nitrogen and oxygen atoms in total. The van der Waals surface area contributed by atoms with Gasteiger partial charge in [0.25, 0.3) is 5.91 Å². The summed E-state index contributed by atoms with van der Waals surface area (Å²) in [5, 5.41) is 2.68. The summed E-state index contributed by atoms with van der Waals surface area (Å²) in [7, 11) is 0. The number of anilines is 1. The monoisotopic (exact) mass is 292 g/mol. The zero-order valence-corrected chi connectivity index (χ0v) is 10.9. The van der Waals surface area contributed by atoms with E-state index in [9.17, 15) is 14.0 Å². The molecular weight excluding hydrogens is 283 g/mol. The lowest BCUT2D eigenvalue weighted by molar-refractivity contribution is 0.1000. The second-order valence-corrected chi connectivity index (χ2v) is 4.46. The van der Waals surface area contributed by atoms with Gasteiger partial charge in [-0.15, -0.1) is 0 Å². The molecular formula is C14H10ClFN2O2. The standard InChI is InChI=1S/C14H10ClFN2O2/c15-10-4-5-11(16)12(7-10)18-14(20)9-3-1-2-8(6-9)13(17)19/h1-7H,(H2,17,19)(H,18,20). The van der Waals surface area contributed by atoms with E-state index in [1.54, 1.807) is 0 Å². The Bertz CT molecular complexity index is 689. The van der Waals surface area contributed by atoms with Crippen LogP contribution in [0.25, 0.3) is 0 Å². The molecule has 0 saturated heterocycles. The molecule has 2 rings (SSSR count). The van der Waals surface area contributed by atoms with E-state index in [4.69, 9.17) is 17.3 Å². The number of rotatable bonds is 3. The molecule has 2 aromatic carbocycles. The summed E-state index contributed by atoms with van der Waals surface area (Å²) >= 11 is 5.73. The predicted octanol–water partition coefficient (Wildman–Crippen LogP) is 2.83. The first-order valence-electron chi connectivity index (χ1n) is 5.63. The van der Waals surface area contributed by atoms with E-state index in [-0.39, 0.29) is 16.8 Å². The number of nitrogens with two attached hydrogens (primary N) is 1. The Labute approximate surface area is 119 Å². The highest BCUT2D eigenvalue weighted by Gasteiger charge is 2.11. The van der Waals surface area contributed by atoms with Gasteiger partial charge in [0.15, 0.2) is 0 Å². The summed E-state index contributed by atoms with van der Waals surface area (Å²) in [6.45, 7) is 0. The molecule has 0 aliphatic heterocycles. The maximum atomic E-state index is 13.5. The highest BCUT2D eigenvalue weighted by atomic mass is 35.5. The van der Waals surface area contributed by atoms with Crippen molar-refractivity contribution in [3.63, 3.8) is 0 Å². The molecule has 0 heterocycles. The molecule has 2 amide bonds. The van der Waals surface area contributed by atoms with E-state index in [0.29, 0.717) is 5.02 Å². The molecule has 0 aliphatic carbocycles. The molecule has 0 aromatic heterocycles. The Kier molecular flexibility index (Phi) is 4.00. The van der Waals surface area contributed by atoms with Gasteiger partial charge >= 0.3 is 0 Å². The topological polar surface area (TPSA) is 72.2 Å². The van der Waals surface area contributed by atoms with Crippen LogP contribution >= 0.6 is 11.6 Å². The summed E-state index contributed by atoms with van der Waals surface area (Å²) in [5.74, 6) is -1.81. The lowest BCUT2D eigenvalue weighted by Gasteiger charge is -2.07. The summed E-state index contributed by atoms with van der Waals surface area (Å²) in [6.07, 6.45) is 0. The Morgan fingerprint density at radius 3 is 2.50 bits per heavy atom. The van der Waals surface area contributed by atoms with Gasteiger partial charge in [-0.2, -0.15) is 0 Å². The van der Waals surface area contributed by atoms with Crippen LogP contribution < -0.4 is 11.1 Å². The molecule has 6 heteroatoms. The first-order chi connectivity index (χ1) is 9.47. The third kappa shape index (κ3) is 3.13. The fraction of sp³-hybridized carbons (Fsp3) is 0. The number of carbonyl (C=O) groups excluding carboxylic acids is 2. The average Bonchev–Trinajstić information content (AvgIpc) is 2.43. The van der Waals surface area contributed by atoms with Crippen molar-refractivity contribution in [2.45, 2.75) is 0 Å². The lowest BCUT2D eigenvalue weighted by Crippen LogP contribution is -2.16. The molecule has 0 spiro atoms. The van der Waals surface area contributed by atoms with Crippen molar-refractivity contribution in [3.05, 3.63) is 64.4 Å². The number of nitrogens with one attached hydrogen (secondary N) is 1. The Hall–Kier alpha value is -2.40.